The summed E-state index contributed by atoms with van der Waals surface area (Å²) in [4.78, 5) is 0. The molecule has 0 bridgehead atoms. The van der Waals surface area contributed by atoms with E-state index in [4.69, 9.17) is 0 Å². The molecule has 0 atom stereocenters. The molecular weight excluding hydrogens is 270 g/mol. The summed E-state index contributed by atoms with van der Waals surface area (Å²) in [6, 6.07) is 0. The number of aryl methyl sites for hydroxylation is 6. The molecule has 9 heteroatoms. The molecule has 0 spiro atoms. The molecule has 0 aliphatic carbocycles. The average Bonchev–Trinajstić information content (AvgIpc) is 3.08. The molecule has 0 aromatic carbocycles. The third-order valence-corrected chi connectivity index (χ3v) is 2.38. The van der Waals surface area contributed by atoms with E-state index in [1.165, 1.54) is 0 Å². The van der Waals surface area contributed by atoms with E-state index >= 15 is 0 Å². The van der Waals surface area contributed by atoms with Gasteiger partial charge >= 0.3 is 0 Å². The maximum atomic E-state index is 3.73. The number of nitrogens with zero attached hydrogens (tertiary/aromatic N) is 9. The van der Waals surface area contributed by atoms with Crippen molar-refractivity contribution in [2.45, 2.75) is 20.8 Å². The van der Waals surface area contributed by atoms with Crippen LogP contribution in [0.1, 0.15) is 17.1 Å². The van der Waals surface area contributed by atoms with Crippen LogP contribution in [0.3, 0.4) is 0 Å². The summed E-state index contributed by atoms with van der Waals surface area (Å²) in [6.07, 6.45) is 5.44. The lowest BCUT2D eigenvalue weighted by Gasteiger charge is -1.84. The summed E-state index contributed by atoms with van der Waals surface area (Å²) in [5.41, 5.74) is 3.00. The second kappa shape index (κ2) is 7.88. The lowest BCUT2D eigenvalue weighted by atomic mass is 10.6. The Morgan fingerprint density at radius 2 is 1.24 bits per heavy atom. The van der Waals surface area contributed by atoms with Crippen LogP contribution in [0.2, 0.25) is 0 Å². The second-order valence-electron chi connectivity index (χ2n) is 4.57. The second-order valence-corrected chi connectivity index (χ2v) is 4.57. The smallest absolute Gasteiger partial charge is 0.0796 e. The summed E-state index contributed by atoms with van der Waals surface area (Å²) in [6.45, 7) is 5.78. The highest BCUT2D eigenvalue weighted by atomic mass is 15.4. The van der Waals surface area contributed by atoms with Crippen molar-refractivity contribution in [1.82, 2.24) is 45.0 Å². The SMILES string of the molecule is Cc1cn(C)nn1.Cc1cn(C)nn1.Cc1cnnn1C. The van der Waals surface area contributed by atoms with Gasteiger partial charge in [0.05, 0.1) is 23.3 Å². The molecule has 9 nitrogen and oxygen atoms in total. The molecular formula is C12H21N9. The van der Waals surface area contributed by atoms with Crippen LogP contribution in [-0.4, -0.2) is 45.0 Å². The van der Waals surface area contributed by atoms with Crippen LogP contribution in [0.4, 0.5) is 0 Å². The normalized spacial score (nSPS) is 9.43. The lowest BCUT2D eigenvalue weighted by molar-refractivity contribution is 0.696. The first kappa shape index (κ1) is 16.5. The monoisotopic (exact) mass is 291 g/mol. The highest BCUT2D eigenvalue weighted by Crippen LogP contribution is 1.85. The van der Waals surface area contributed by atoms with Crippen LogP contribution in [0.5, 0.6) is 0 Å². The summed E-state index contributed by atoms with van der Waals surface area (Å²) in [7, 11) is 5.56. The van der Waals surface area contributed by atoms with Crippen molar-refractivity contribution >= 4 is 0 Å². The summed E-state index contributed by atoms with van der Waals surface area (Å²) in [5.74, 6) is 0. The number of aromatic nitrogens is 9. The van der Waals surface area contributed by atoms with Gasteiger partial charge in [-0.2, -0.15) is 0 Å². The number of hydrogen-bond acceptors (Lipinski definition) is 6. The quantitative estimate of drug-likeness (QED) is 0.594. The van der Waals surface area contributed by atoms with Gasteiger partial charge in [0.2, 0.25) is 0 Å². The van der Waals surface area contributed by atoms with Gasteiger partial charge in [0, 0.05) is 33.5 Å². The molecule has 0 radical (unpaired) electrons. The van der Waals surface area contributed by atoms with Crippen LogP contribution in [-0.2, 0) is 21.1 Å². The third-order valence-electron chi connectivity index (χ3n) is 2.38. The van der Waals surface area contributed by atoms with Crippen molar-refractivity contribution in [3.05, 3.63) is 35.7 Å². The van der Waals surface area contributed by atoms with Gasteiger partial charge in [0.15, 0.2) is 0 Å². The molecule has 0 amide bonds. The fourth-order valence-electron chi connectivity index (χ4n) is 1.27. The maximum Gasteiger partial charge on any atom is 0.0796 e. The van der Waals surface area contributed by atoms with Gasteiger partial charge in [-0.1, -0.05) is 15.6 Å². The number of rotatable bonds is 0. The zero-order chi connectivity index (χ0) is 15.8. The Morgan fingerprint density at radius 1 is 0.762 bits per heavy atom. The predicted octanol–water partition coefficient (Wildman–Crippen LogP) is 0.371. The van der Waals surface area contributed by atoms with Crippen molar-refractivity contribution in [1.29, 1.82) is 0 Å². The predicted molar refractivity (Wildman–Crippen MR) is 77.2 cm³/mol. The molecule has 114 valence electrons. The Hall–Kier alpha value is -2.58. The molecule has 3 rings (SSSR count). The van der Waals surface area contributed by atoms with Crippen LogP contribution < -0.4 is 0 Å². The molecule has 0 fully saturated rings. The minimum Gasteiger partial charge on any atom is -0.255 e. The Morgan fingerprint density at radius 3 is 1.33 bits per heavy atom. The Balaban J connectivity index is 0.000000157. The lowest BCUT2D eigenvalue weighted by Crippen LogP contribution is -1.91. The van der Waals surface area contributed by atoms with Gasteiger partial charge in [-0.25, -0.2) is 0 Å². The van der Waals surface area contributed by atoms with E-state index in [0.29, 0.717) is 0 Å². The van der Waals surface area contributed by atoms with Crippen molar-refractivity contribution < 1.29 is 0 Å². The highest BCUT2D eigenvalue weighted by Gasteiger charge is 1.85. The Kier molecular flexibility index (Phi) is 6.18. The van der Waals surface area contributed by atoms with E-state index in [1.807, 2.05) is 54.3 Å². The molecule has 0 aliphatic heterocycles. The van der Waals surface area contributed by atoms with E-state index in [0.717, 1.165) is 17.1 Å². The minimum absolute atomic E-state index is 0.961. The van der Waals surface area contributed by atoms with E-state index in [-0.39, 0.29) is 0 Å². The first-order valence-corrected chi connectivity index (χ1v) is 6.35. The van der Waals surface area contributed by atoms with Crippen LogP contribution in [0.15, 0.2) is 18.6 Å². The molecule has 3 aromatic heterocycles. The van der Waals surface area contributed by atoms with Gasteiger partial charge in [-0.15, -0.1) is 15.3 Å². The van der Waals surface area contributed by atoms with E-state index in [9.17, 15) is 0 Å². The molecule has 3 aromatic rings. The first-order valence-electron chi connectivity index (χ1n) is 6.35. The third kappa shape index (κ3) is 6.41. The summed E-state index contributed by atoms with van der Waals surface area (Å²) < 4.78 is 5.07. The van der Waals surface area contributed by atoms with Gasteiger partial charge in [-0.05, 0) is 20.8 Å². The summed E-state index contributed by atoms with van der Waals surface area (Å²) in [5, 5.41) is 22.1. The Bertz CT molecular complexity index is 561. The molecule has 0 unspecified atom stereocenters. The van der Waals surface area contributed by atoms with Crippen LogP contribution >= 0.6 is 0 Å². The minimum atomic E-state index is 0.961. The molecule has 0 aliphatic rings. The fraction of sp³-hybridized carbons (Fsp3) is 0.500. The van der Waals surface area contributed by atoms with Crippen molar-refractivity contribution in [3.63, 3.8) is 0 Å². The van der Waals surface area contributed by atoms with E-state index < -0.39 is 0 Å². The fourth-order valence-corrected chi connectivity index (χ4v) is 1.27. The van der Waals surface area contributed by atoms with Crippen LogP contribution in [0.25, 0.3) is 0 Å². The zero-order valence-corrected chi connectivity index (χ0v) is 13.3. The highest BCUT2D eigenvalue weighted by molar-refractivity contribution is 4.86. The molecule has 21 heavy (non-hydrogen) atoms. The van der Waals surface area contributed by atoms with Gasteiger partial charge in [-0.3, -0.25) is 14.0 Å². The maximum absolute atomic E-state index is 3.73. The van der Waals surface area contributed by atoms with Crippen molar-refractivity contribution in [2.75, 3.05) is 0 Å². The van der Waals surface area contributed by atoms with Gasteiger partial charge in [0.1, 0.15) is 0 Å². The van der Waals surface area contributed by atoms with Crippen molar-refractivity contribution in [2.24, 2.45) is 21.1 Å². The zero-order valence-electron chi connectivity index (χ0n) is 13.3. The topological polar surface area (TPSA) is 92.1 Å². The average molecular weight is 291 g/mol. The molecule has 0 N–H and O–H groups in total. The molecule has 0 saturated carbocycles. The van der Waals surface area contributed by atoms with Gasteiger partial charge < -0.3 is 0 Å². The molecule has 3 heterocycles. The van der Waals surface area contributed by atoms with Gasteiger partial charge in [0.25, 0.3) is 0 Å². The standard InChI is InChI=1S/3C4H7N3/c2*1-4-3-7(2)6-5-4;1-4-3-5-6-7(4)2/h3*3H,1-2H3. The Labute approximate surface area is 123 Å². The first-order chi connectivity index (χ1) is 9.88. The van der Waals surface area contributed by atoms with E-state index in [2.05, 4.69) is 30.9 Å². The van der Waals surface area contributed by atoms with E-state index in [1.54, 1.807) is 20.2 Å². The number of hydrogen-bond donors (Lipinski definition) is 0. The van der Waals surface area contributed by atoms with Crippen molar-refractivity contribution in [3.8, 4) is 0 Å². The van der Waals surface area contributed by atoms with Crippen LogP contribution in [0, 0.1) is 20.8 Å². The molecule has 0 saturated heterocycles. The summed E-state index contributed by atoms with van der Waals surface area (Å²) >= 11 is 0. The largest absolute Gasteiger partial charge is 0.255 e.